The van der Waals surface area contributed by atoms with E-state index in [0.717, 1.165) is 16.7 Å². The minimum absolute atomic E-state index is 0.204. The molecule has 0 aliphatic carbocycles. The van der Waals surface area contributed by atoms with Crippen LogP contribution in [-0.2, 0) is 17.9 Å². The second kappa shape index (κ2) is 10.5. The van der Waals surface area contributed by atoms with E-state index in [-0.39, 0.29) is 24.8 Å². The van der Waals surface area contributed by atoms with Crippen LogP contribution in [0.3, 0.4) is 0 Å². The lowest BCUT2D eigenvalue weighted by Crippen LogP contribution is -2.30. The SMILES string of the molecule is Cc1ccc(CN2C(=O)N/C(=C/c3cc(Br)c(OCc4ccc(Cl)cc4Cl)c(Br)c3)C2=O)cc1. The van der Waals surface area contributed by atoms with Gasteiger partial charge in [0.05, 0.1) is 15.5 Å². The number of ether oxygens (including phenoxy) is 1. The fraction of sp³-hybridized carbons (Fsp3) is 0.120. The third-order valence-electron chi connectivity index (χ3n) is 5.14. The summed E-state index contributed by atoms with van der Waals surface area (Å²) < 4.78 is 7.29. The summed E-state index contributed by atoms with van der Waals surface area (Å²) >= 11 is 19.2. The number of amides is 3. The third kappa shape index (κ3) is 5.66. The first kappa shape index (κ1) is 24.8. The minimum atomic E-state index is -0.449. The van der Waals surface area contributed by atoms with E-state index in [4.69, 9.17) is 27.9 Å². The van der Waals surface area contributed by atoms with Crippen LogP contribution in [0.15, 0.2) is 69.2 Å². The van der Waals surface area contributed by atoms with E-state index >= 15 is 0 Å². The largest absolute Gasteiger partial charge is 0.486 e. The van der Waals surface area contributed by atoms with E-state index in [1.165, 1.54) is 4.90 Å². The molecule has 1 N–H and O–H groups in total. The highest BCUT2D eigenvalue weighted by Gasteiger charge is 2.33. The quantitative estimate of drug-likeness (QED) is 0.228. The first-order valence-electron chi connectivity index (χ1n) is 10.2. The molecule has 0 aromatic heterocycles. The van der Waals surface area contributed by atoms with Crippen LogP contribution >= 0.6 is 55.1 Å². The Morgan fingerprint density at radius 3 is 2.32 bits per heavy atom. The van der Waals surface area contributed by atoms with Crippen molar-refractivity contribution in [3.8, 4) is 5.75 Å². The van der Waals surface area contributed by atoms with Gasteiger partial charge in [-0.15, -0.1) is 0 Å². The third-order valence-corrected chi connectivity index (χ3v) is 6.91. The summed E-state index contributed by atoms with van der Waals surface area (Å²) in [7, 11) is 0. The van der Waals surface area contributed by atoms with Crippen LogP contribution in [0.4, 0.5) is 4.79 Å². The number of carbonyl (C=O) groups is 2. The topological polar surface area (TPSA) is 58.6 Å². The molecule has 3 aromatic rings. The molecule has 0 radical (unpaired) electrons. The summed E-state index contributed by atoms with van der Waals surface area (Å²) in [4.78, 5) is 26.4. The van der Waals surface area contributed by atoms with Crippen LogP contribution in [0, 0.1) is 6.92 Å². The Bertz CT molecular complexity index is 1290. The molecular formula is C25H18Br2Cl2N2O3. The number of aryl methyl sites for hydroxylation is 1. The molecule has 1 heterocycles. The molecule has 0 spiro atoms. The first-order valence-corrected chi connectivity index (χ1v) is 12.5. The molecule has 3 amide bonds. The molecule has 1 saturated heterocycles. The number of rotatable bonds is 6. The van der Waals surface area contributed by atoms with Gasteiger partial charge < -0.3 is 10.1 Å². The Hall–Kier alpha value is -2.32. The molecular weight excluding hydrogens is 607 g/mol. The molecule has 0 unspecified atom stereocenters. The van der Waals surface area contributed by atoms with Gasteiger partial charge in [-0.05, 0) is 80.3 Å². The Balaban J connectivity index is 1.50. The van der Waals surface area contributed by atoms with Crippen molar-refractivity contribution in [2.24, 2.45) is 0 Å². The van der Waals surface area contributed by atoms with Crippen molar-refractivity contribution in [2.45, 2.75) is 20.1 Å². The monoisotopic (exact) mass is 622 g/mol. The van der Waals surface area contributed by atoms with E-state index in [2.05, 4.69) is 37.2 Å². The summed E-state index contributed by atoms with van der Waals surface area (Å²) in [5.74, 6) is 0.200. The highest BCUT2D eigenvalue weighted by atomic mass is 79.9. The predicted octanol–water partition coefficient (Wildman–Crippen LogP) is 7.50. The highest BCUT2D eigenvalue weighted by Crippen LogP contribution is 2.36. The van der Waals surface area contributed by atoms with E-state index in [9.17, 15) is 9.59 Å². The zero-order valence-corrected chi connectivity index (χ0v) is 22.6. The number of nitrogens with one attached hydrogen (secondary N) is 1. The number of nitrogens with zero attached hydrogens (tertiary/aromatic N) is 1. The summed E-state index contributed by atoms with van der Waals surface area (Å²) in [6.07, 6.45) is 1.63. The molecule has 174 valence electrons. The van der Waals surface area contributed by atoms with E-state index in [1.54, 1.807) is 30.3 Å². The van der Waals surface area contributed by atoms with Crippen molar-refractivity contribution in [1.29, 1.82) is 0 Å². The molecule has 1 aliphatic rings. The highest BCUT2D eigenvalue weighted by molar-refractivity contribution is 9.11. The number of benzene rings is 3. The fourth-order valence-electron chi connectivity index (χ4n) is 3.35. The van der Waals surface area contributed by atoms with Crippen LogP contribution in [-0.4, -0.2) is 16.8 Å². The van der Waals surface area contributed by atoms with Crippen LogP contribution in [0.25, 0.3) is 6.08 Å². The van der Waals surface area contributed by atoms with E-state index < -0.39 is 6.03 Å². The van der Waals surface area contributed by atoms with Gasteiger partial charge in [-0.25, -0.2) is 4.79 Å². The molecule has 0 bridgehead atoms. The maximum atomic E-state index is 12.8. The number of hydrogen-bond acceptors (Lipinski definition) is 3. The van der Waals surface area contributed by atoms with Gasteiger partial charge in [0.2, 0.25) is 0 Å². The van der Waals surface area contributed by atoms with Gasteiger partial charge in [0.1, 0.15) is 18.1 Å². The lowest BCUT2D eigenvalue weighted by atomic mass is 10.1. The molecule has 3 aromatic carbocycles. The Kier molecular flexibility index (Phi) is 7.67. The zero-order valence-electron chi connectivity index (χ0n) is 17.9. The van der Waals surface area contributed by atoms with E-state index in [0.29, 0.717) is 30.3 Å². The van der Waals surface area contributed by atoms with Crippen LogP contribution < -0.4 is 10.1 Å². The molecule has 0 saturated carbocycles. The predicted molar refractivity (Wildman–Crippen MR) is 141 cm³/mol. The normalized spacial score (nSPS) is 14.6. The van der Waals surface area contributed by atoms with Crippen molar-refractivity contribution in [2.75, 3.05) is 0 Å². The van der Waals surface area contributed by atoms with Gasteiger partial charge >= 0.3 is 6.03 Å². The minimum Gasteiger partial charge on any atom is -0.486 e. The van der Waals surface area contributed by atoms with Gasteiger partial charge in [0.15, 0.2) is 0 Å². The Morgan fingerprint density at radius 2 is 1.68 bits per heavy atom. The van der Waals surface area contributed by atoms with Gasteiger partial charge in [-0.3, -0.25) is 9.69 Å². The maximum absolute atomic E-state index is 12.8. The molecule has 0 atom stereocenters. The molecule has 9 heteroatoms. The maximum Gasteiger partial charge on any atom is 0.329 e. The number of halogens is 4. The number of urea groups is 1. The lowest BCUT2D eigenvalue weighted by molar-refractivity contribution is -0.123. The number of carbonyl (C=O) groups excluding carboxylic acids is 2. The summed E-state index contributed by atoms with van der Waals surface area (Å²) in [5.41, 5.74) is 3.70. The number of imide groups is 1. The first-order chi connectivity index (χ1) is 16.2. The second-order valence-electron chi connectivity index (χ2n) is 7.70. The van der Waals surface area contributed by atoms with E-state index in [1.807, 2.05) is 37.3 Å². The smallest absolute Gasteiger partial charge is 0.329 e. The standard InChI is InChI=1S/C25H18Br2Cl2N2O3/c1-14-2-4-15(5-3-14)12-31-24(32)22(30-25(31)33)10-16-8-19(26)23(20(27)9-16)34-13-17-6-7-18(28)11-21(17)29/h2-11H,12-13H2,1H3,(H,30,33)/b22-10+. The van der Waals surface area contributed by atoms with Crippen molar-refractivity contribution >= 4 is 73.1 Å². The molecule has 1 aliphatic heterocycles. The lowest BCUT2D eigenvalue weighted by Gasteiger charge is -2.13. The second-order valence-corrected chi connectivity index (χ2v) is 10.3. The van der Waals surface area contributed by atoms with Crippen molar-refractivity contribution in [1.82, 2.24) is 10.2 Å². The van der Waals surface area contributed by atoms with Crippen molar-refractivity contribution in [3.63, 3.8) is 0 Å². The summed E-state index contributed by atoms with van der Waals surface area (Å²) in [5, 5.41) is 3.73. The molecule has 1 fully saturated rings. The van der Waals surface area contributed by atoms with Gasteiger partial charge in [-0.2, -0.15) is 0 Å². The van der Waals surface area contributed by atoms with Crippen molar-refractivity contribution < 1.29 is 14.3 Å². The Labute approximate surface area is 223 Å². The molecule has 5 nitrogen and oxygen atoms in total. The summed E-state index contributed by atoms with van der Waals surface area (Å²) in [6.45, 7) is 2.43. The molecule has 4 rings (SSSR count). The molecule has 34 heavy (non-hydrogen) atoms. The Morgan fingerprint density at radius 1 is 1.00 bits per heavy atom. The van der Waals surface area contributed by atoms with Gasteiger partial charge in [-0.1, -0.05) is 59.1 Å². The van der Waals surface area contributed by atoms with Gasteiger partial charge in [0, 0.05) is 15.6 Å². The average molecular weight is 625 g/mol. The summed E-state index contributed by atoms with van der Waals surface area (Å²) in [6, 6.07) is 16.1. The van der Waals surface area contributed by atoms with Crippen LogP contribution in [0.2, 0.25) is 10.0 Å². The van der Waals surface area contributed by atoms with Crippen LogP contribution in [0.1, 0.15) is 22.3 Å². The zero-order chi connectivity index (χ0) is 24.4. The van der Waals surface area contributed by atoms with Crippen LogP contribution in [0.5, 0.6) is 5.75 Å². The average Bonchev–Trinajstić information content (AvgIpc) is 3.03. The fourth-order valence-corrected chi connectivity index (χ4v) is 5.26. The number of hydrogen-bond donors (Lipinski definition) is 1. The van der Waals surface area contributed by atoms with Gasteiger partial charge in [0.25, 0.3) is 5.91 Å². The van der Waals surface area contributed by atoms with Crippen molar-refractivity contribution in [3.05, 3.63) is 102 Å².